The molecule has 0 saturated carbocycles. The summed E-state index contributed by atoms with van der Waals surface area (Å²) in [6.45, 7) is 4.87. The molecule has 1 aliphatic rings. The Morgan fingerprint density at radius 3 is 2.74 bits per heavy atom. The molecule has 3 aromatic heterocycles. The van der Waals surface area contributed by atoms with E-state index in [1.807, 2.05) is 43.3 Å². The summed E-state index contributed by atoms with van der Waals surface area (Å²) in [7, 11) is 0. The largest absolute Gasteiger partial charge is 0.307 e. The molecule has 8 heteroatoms. The number of amides is 1. The maximum atomic E-state index is 12.0. The molecule has 134 valence electrons. The lowest BCUT2D eigenvalue weighted by molar-refractivity contribution is -0.116. The monoisotopic (exact) mass is 376 g/mol. The number of nitrogens with zero attached hydrogens (tertiary/aromatic N) is 6. The first-order valence-electron chi connectivity index (χ1n) is 8.67. The number of imidazole rings is 1. The summed E-state index contributed by atoms with van der Waals surface area (Å²) in [5.41, 5.74) is 6.20. The van der Waals surface area contributed by atoms with Gasteiger partial charge in [0.2, 0.25) is 11.9 Å². The first-order valence-corrected chi connectivity index (χ1v) is 9.40. The van der Waals surface area contributed by atoms with Crippen molar-refractivity contribution in [2.75, 3.05) is 11.4 Å². The zero-order valence-electron chi connectivity index (χ0n) is 14.9. The Balaban J connectivity index is 1.77. The highest BCUT2D eigenvalue weighted by Gasteiger charge is 2.30. The number of aromatic nitrogens is 5. The molecule has 0 unspecified atom stereocenters. The van der Waals surface area contributed by atoms with Crippen LogP contribution in [0.15, 0.2) is 36.4 Å². The standard InChI is InChI=1S/C19H16N6OS/c1-11-4-3-5-15(20-11)17-18(13-6-7-14-16(10-13)23-27-22-14)25-9-8-24(12(2)26)19(25)21-17/h3-7,10H,8-9H2,1-2H3. The third kappa shape index (κ3) is 2.52. The summed E-state index contributed by atoms with van der Waals surface area (Å²) in [4.78, 5) is 23.2. The van der Waals surface area contributed by atoms with Crippen LogP contribution in [0.4, 0.5) is 5.95 Å². The van der Waals surface area contributed by atoms with Gasteiger partial charge in [0.1, 0.15) is 16.7 Å². The van der Waals surface area contributed by atoms with E-state index in [0.29, 0.717) is 19.0 Å². The van der Waals surface area contributed by atoms with Gasteiger partial charge in [-0.05, 0) is 31.2 Å². The lowest BCUT2D eigenvalue weighted by Gasteiger charge is -2.09. The van der Waals surface area contributed by atoms with E-state index in [1.165, 1.54) is 11.7 Å². The Kier molecular flexibility index (Phi) is 3.54. The molecule has 7 nitrogen and oxygen atoms in total. The van der Waals surface area contributed by atoms with Crippen LogP contribution in [0.1, 0.15) is 12.6 Å². The second-order valence-corrected chi connectivity index (χ2v) is 7.09. The minimum atomic E-state index is -0.00629. The Labute approximate surface area is 159 Å². The lowest BCUT2D eigenvalue weighted by atomic mass is 10.1. The van der Waals surface area contributed by atoms with Crippen molar-refractivity contribution < 1.29 is 4.79 Å². The number of aryl methyl sites for hydroxylation is 1. The third-order valence-corrected chi connectivity index (χ3v) is 5.33. The number of carbonyl (C=O) groups is 1. The number of carbonyl (C=O) groups excluding carboxylic acids is 1. The van der Waals surface area contributed by atoms with Crippen LogP contribution >= 0.6 is 11.7 Å². The first kappa shape index (κ1) is 16.1. The fourth-order valence-electron chi connectivity index (χ4n) is 3.53. The molecule has 0 radical (unpaired) electrons. The predicted molar refractivity (Wildman–Crippen MR) is 105 cm³/mol. The van der Waals surface area contributed by atoms with E-state index < -0.39 is 0 Å². The van der Waals surface area contributed by atoms with E-state index in [4.69, 9.17) is 4.98 Å². The molecule has 0 N–H and O–H groups in total. The normalized spacial score (nSPS) is 13.3. The van der Waals surface area contributed by atoms with Crippen LogP contribution in [0, 0.1) is 6.92 Å². The van der Waals surface area contributed by atoms with Crippen LogP contribution in [0.2, 0.25) is 0 Å². The third-order valence-electron chi connectivity index (χ3n) is 4.77. The van der Waals surface area contributed by atoms with Crippen molar-refractivity contribution in [3.8, 4) is 22.6 Å². The molecule has 0 saturated heterocycles. The van der Waals surface area contributed by atoms with Crippen molar-refractivity contribution in [2.45, 2.75) is 20.4 Å². The van der Waals surface area contributed by atoms with Crippen LogP contribution in [-0.4, -0.2) is 35.7 Å². The highest BCUT2D eigenvalue weighted by atomic mass is 32.1. The molecule has 0 bridgehead atoms. The van der Waals surface area contributed by atoms with Crippen molar-refractivity contribution in [2.24, 2.45) is 0 Å². The molecular formula is C19H16N6OS. The van der Waals surface area contributed by atoms with Crippen molar-refractivity contribution >= 4 is 34.6 Å². The van der Waals surface area contributed by atoms with Crippen LogP contribution in [-0.2, 0) is 11.3 Å². The van der Waals surface area contributed by atoms with Crippen molar-refractivity contribution in [3.05, 3.63) is 42.1 Å². The average Bonchev–Trinajstić information content (AvgIpc) is 3.35. The fourth-order valence-corrected chi connectivity index (χ4v) is 4.05. The summed E-state index contributed by atoms with van der Waals surface area (Å²) in [6, 6.07) is 11.9. The Bertz CT molecular complexity index is 1190. The summed E-state index contributed by atoms with van der Waals surface area (Å²) >= 11 is 1.20. The molecule has 1 aliphatic heterocycles. The van der Waals surface area contributed by atoms with E-state index in [0.717, 1.165) is 39.4 Å². The molecule has 0 aliphatic carbocycles. The number of anilines is 1. The van der Waals surface area contributed by atoms with Crippen LogP contribution in [0.3, 0.4) is 0 Å². The first-order chi connectivity index (χ1) is 13.1. The Hall–Kier alpha value is -3.13. The molecule has 1 amide bonds. The molecule has 5 rings (SSSR count). The molecule has 0 fully saturated rings. The Morgan fingerprint density at radius 1 is 1.07 bits per heavy atom. The second-order valence-electron chi connectivity index (χ2n) is 6.56. The topological polar surface area (TPSA) is 76.8 Å². The number of pyridine rings is 1. The van der Waals surface area contributed by atoms with Crippen molar-refractivity contribution in [1.29, 1.82) is 0 Å². The quantitative estimate of drug-likeness (QED) is 0.536. The molecule has 4 aromatic rings. The van der Waals surface area contributed by atoms with Gasteiger partial charge in [-0.3, -0.25) is 14.7 Å². The van der Waals surface area contributed by atoms with Gasteiger partial charge in [-0.1, -0.05) is 12.1 Å². The zero-order valence-corrected chi connectivity index (χ0v) is 15.7. The number of hydrogen-bond donors (Lipinski definition) is 0. The predicted octanol–water partition coefficient (Wildman–Crippen LogP) is 3.29. The van der Waals surface area contributed by atoms with E-state index in [-0.39, 0.29) is 5.91 Å². The maximum absolute atomic E-state index is 12.0. The van der Waals surface area contributed by atoms with Crippen LogP contribution < -0.4 is 4.90 Å². The highest BCUT2D eigenvalue weighted by molar-refractivity contribution is 7.00. The SMILES string of the molecule is CC(=O)N1CCn2c1nc(-c1cccc(C)n1)c2-c1ccc2nsnc2c1. The minimum Gasteiger partial charge on any atom is -0.307 e. The molecular weight excluding hydrogens is 360 g/mol. The van der Waals surface area contributed by atoms with Gasteiger partial charge >= 0.3 is 0 Å². The average molecular weight is 376 g/mol. The summed E-state index contributed by atoms with van der Waals surface area (Å²) < 4.78 is 10.7. The van der Waals surface area contributed by atoms with Gasteiger partial charge in [0, 0.05) is 31.3 Å². The molecule has 0 spiro atoms. The number of benzene rings is 1. The van der Waals surface area contributed by atoms with Crippen molar-refractivity contribution in [1.82, 2.24) is 23.3 Å². The van der Waals surface area contributed by atoms with Gasteiger partial charge in [0.05, 0.1) is 23.1 Å². The van der Waals surface area contributed by atoms with Crippen LogP contribution in [0.5, 0.6) is 0 Å². The van der Waals surface area contributed by atoms with Gasteiger partial charge in [-0.2, -0.15) is 8.75 Å². The molecule has 27 heavy (non-hydrogen) atoms. The van der Waals surface area contributed by atoms with E-state index in [9.17, 15) is 4.79 Å². The molecule has 1 aromatic carbocycles. The van der Waals surface area contributed by atoms with Gasteiger partial charge in [-0.25, -0.2) is 4.98 Å². The van der Waals surface area contributed by atoms with Gasteiger partial charge in [-0.15, -0.1) is 0 Å². The van der Waals surface area contributed by atoms with Gasteiger partial charge < -0.3 is 4.57 Å². The van der Waals surface area contributed by atoms with Crippen LogP contribution in [0.25, 0.3) is 33.7 Å². The molecule has 0 atom stereocenters. The molecule has 4 heterocycles. The fraction of sp³-hybridized carbons (Fsp3) is 0.211. The number of fused-ring (bicyclic) bond motifs is 2. The lowest BCUT2D eigenvalue weighted by Crippen LogP contribution is -2.26. The Morgan fingerprint density at radius 2 is 1.93 bits per heavy atom. The van der Waals surface area contributed by atoms with Crippen molar-refractivity contribution in [3.63, 3.8) is 0 Å². The number of rotatable bonds is 2. The maximum Gasteiger partial charge on any atom is 0.226 e. The number of hydrogen-bond acceptors (Lipinski definition) is 6. The van der Waals surface area contributed by atoms with E-state index in [1.54, 1.807) is 11.8 Å². The summed E-state index contributed by atoms with van der Waals surface area (Å²) in [5.74, 6) is 0.667. The summed E-state index contributed by atoms with van der Waals surface area (Å²) in [6.07, 6.45) is 0. The minimum absolute atomic E-state index is 0.00629. The van der Waals surface area contributed by atoms with Gasteiger partial charge in [0.25, 0.3) is 0 Å². The van der Waals surface area contributed by atoms with E-state index in [2.05, 4.69) is 18.3 Å². The summed E-state index contributed by atoms with van der Waals surface area (Å²) in [5, 5.41) is 0. The van der Waals surface area contributed by atoms with Gasteiger partial charge in [0.15, 0.2) is 0 Å². The second kappa shape index (κ2) is 5.95. The smallest absolute Gasteiger partial charge is 0.226 e. The zero-order chi connectivity index (χ0) is 18.5. The van der Waals surface area contributed by atoms with E-state index >= 15 is 0 Å². The highest BCUT2D eigenvalue weighted by Crippen LogP contribution is 2.38.